The second kappa shape index (κ2) is 4.97. The Morgan fingerprint density at radius 2 is 1.80 bits per heavy atom. The highest BCUT2D eigenvalue weighted by atomic mass is 15.3. The van der Waals surface area contributed by atoms with E-state index in [4.69, 9.17) is 0 Å². The van der Waals surface area contributed by atoms with E-state index in [1.165, 1.54) is 36.9 Å². The highest BCUT2D eigenvalue weighted by Crippen LogP contribution is 2.45. The van der Waals surface area contributed by atoms with E-state index in [-0.39, 0.29) is 0 Å². The van der Waals surface area contributed by atoms with Crippen molar-refractivity contribution < 1.29 is 0 Å². The lowest BCUT2D eigenvalue weighted by Crippen LogP contribution is -2.23. The van der Waals surface area contributed by atoms with E-state index in [0.29, 0.717) is 6.04 Å². The van der Waals surface area contributed by atoms with Gasteiger partial charge in [0.05, 0.1) is 18.4 Å². The maximum Gasteiger partial charge on any atom is 0.0728 e. The summed E-state index contributed by atoms with van der Waals surface area (Å²) in [5.41, 5.74) is 2.48. The van der Waals surface area contributed by atoms with E-state index in [2.05, 4.69) is 46.9 Å². The van der Waals surface area contributed by atoms with Gasteiger partial charge in [0.25, 0.3) is 0 Å². The zero-order chi connectivity index (χ0) is 13.4. The van der Waals surface area contributed by atoms with Crippen LogP contribution in [0.1, 0.15) is 31.2 Å². The molecular formula is C17H21N3. The summed E-state index contributed by atoms with van der Waals surface area (Å²) in [6, 6.07) is 11.2. The van der Waals surface area contributed by atoms with Crippen molar-refractivity contribution in [2.24, 2.45) is 11.8 Å². The van der Waals surface area contributed by atoms with Crippen molar-refractivity contribution in [3.05, 3.63) is 48.3 Å². The predicted molar refractivity (Wildman–Crippen MR) is 80.6 cm³/mol. The molecule has 0 radical (unpaired) electrons. The Hall–Kier alpha value is -1.77. The van der Waals surface area contributed by atoms with Gasteiger partial charge in [0.15, 0.2) is 0 Å². The SMILES string of the molecule is c1ccc(Cn2cc(NC(C3CC3)C3CC3)cn2)cc1. The third-order valence-electron chi connectivity index (χ3n) is 4.41. The smallest absolute Gasteiger partial charge is 0.0728 e. The quantitative estimate of drug-likeness (QED) is 0.867. The molecule has 0 spiro atoms. The zero-order valence-corrected chi connectivity index (χ0v) is 11.7. The molecule has 0 atom stereocenters. The number of anilines is 1. The lowest BCUT2D eigenvalue weighted by atomic mass is 10.1. The van der Waals surface area contributed by atoms with Gasteiger partial charge in [-0.2, -0.15) is 5.10 Å². The molecule has 2 aromatic rings. The summed E-state index contributed by atoms with van der Waals surface area (Å²) >= 11 is 0. The third kappa shape index (κ3) is 2.72. The molecule has 2 saturated carbocycles. The van der Waals surface area contributed by atoms with Crippen LogP contribution >= 0.6 is 0 Å². The fourth-order valence-corrected chi connectivity index (χ4v) is 3.02. The average Bonchev–Trinajstić information content (AvgIpc) is 3.38. The summed E-state index contributed by atoms with van der Waals surface area (Å²) < 4.78 is 2.02. The zero-order valence-electron chi connectivity index (χ0n) is 11.7. The molecular weight excluding hydrogens is 246 g/mol. The van der Waals surface area contributed by atoms with Crippen molar-refractivity contribution in [3.8, 4) is 0 Å². The van der Waals surface area contributed by atoms with Crippen molar-refractivity contribution in [2.75, 3.05) is 5.32 Å². The second-order valence-corrected chi connectivity index (χ2v) is 6.26. The largest absolute Gasteiger partial charge is 0.379 e. The van der Waals surface area contributed by atoms with E-state index >= 15 is 0 Å². The minimum Gasteiger partial charge on any atom is -0.379 e. The predicted octanol–water partition coefficient (Wildman–Crippen LogP) is 3.53. The molecule has 2 aliphatic carbocycles. The van der Waals surface area contributed by atoms with Crippen LogP contribution in [0.4, 0.5) is 5.69 Å². The summed E-state index contributed by atoms with van der Waals surface area (Å²) in [6.07, 6.45) is 9.75. The van der Waals surface area contributed by atoms with Crippen molar-refractivity contribution >= 4 is 5.69 Å². The van der Waals surface area contributed by atoms with Crippen LogP contribution in [0.25, 0.3) is 0 Å². The first-order valence-corrected chi connectivity index (χ1v) is 7.71. The van der Waals surface area contributed by atoms with Gasteiger partial charge in [0, 0.05) is 12.2 Å². The molecule has 0 saturated heterocycles. The number of benzene rings is 1. The summed E-state index contributed by atoms with van der Waals surface area (Å²) in [5.74, 6) is 1.83. The first-order valence-electron chi connectivity index (χ1n) is 7.71. The Morgan fingerprint density at radius 1 is 1.10 bits per heavy atom. The molecule has 0 aliphatic heterocycles. The Kier molecular flexibility index (Phi) is 2.98. The van der Waals surface area contributed by atoms with Crippen molar-refractivity contribution in [3.63, 3.8) is 0 Å². The first kappa shape index (κ1) is 12.0. The van der Waals surface area contributed by atoms with Gasteiger partial charge in [-0.05, 0) is 43.1 Å². The van der Waals surface area contributed by atoms with E-state index in [1.54, 1.807) is 0 Å². The van der Waals surface area contributed by atoms with Gasteiger partial charge >= 0.3 is 0 Å². The van der Waals surface area contributed by atoms with Crippen LogP contribution in [0.3, 0.4) is 0 Å². The Bertz CT molecular complexity index is 555. The van der Waals surface area contributed by atoms with Gasteiger partial charge in [-0.3, -0.25) is 4.68 Å². The van der Waals surface area contributed by atoms with E-state index in [9.17, 15) is 0 Å². The molecule has 0 amide bonds. The molecule has 0 bridgehead atoms. The number of aromatic nitrogens is 2. The van der Waals surface area contributed by atoms with E-state index < -0.39 is 0 Å². The van der Waals surface area contributed by atoms with Crippen molar-refractivity contribution in [2.45, 2.75) is 38.3 Å². The van der Waals surface area contributed by atoms with Crippen LogP contribution < -0.4 is 5.32 Å². The first-order chi connectivity index (χ1) is 9.88. The van der Waals surface area contributed by atoms with Gasteiger partial charge in [-0.1, -0.05) is 30.3 Å². The lowest BCUT2D eigenvalue weighted by molar-refractivity contribution is 0.567. The molecule has 3 nitrogen and oxygen atoms in total. The standard InChI is InChI=1S/C17H21N3/c1-2-4-13(5-3-1)11-20-12-16(10-18-20)19-17(14-6-7-14)15-8-9-15/h1-5,10,12,14-15,17,19H,6-9,11H2. The molecule has 104 valence electrons. The second-order valence-electron chi connectivity index (χ2n) is 6.26. The fraction of sp³-hybridized carbons (Fsp3) is 0.471. The monoisotopic (exact) mass is 267 g/mol. The maximum atomic E-state index is 4.48. The van der Waals surface area contributed by atoms with E-state index in [0.717, 1.165) is 18.4 Å². The fourth-order valence-electron chi connectivity index (χ4n) is 3.02. The van der Waals surface area contributed by atoms with Gasteiger partial charge in [0.1, 0.15) is 0 Å². The molecule has 20 heavy (non-hydrogen) atoms. The molecule has 3 heteroatoms. The molecule has 0 unspecified atom stereocenters. The lowest BCUT2D eigenvalue weighted by Gasteiger charge is -2.17. The summed E-state index contributed by atoms with van der Waals surface area (Å²) in [4.78, 5) is 0. The van der Waals surface area contributed by atoms with Crippen LogP contribution in [-0.4, -0.2) is 15.8 Å². The van der Waals surface area contributed by atoms with Crippen molar-refractivity contribution in [1.82, 2.24) is 9.78 Å². The minimum absolute atomic E-state index is 0.698. The molecule has 1 heterocycles. The average molecular weight is 267 g/mol. The van der Waals surface area contributed by atoms with Gasteiger partial charge < -0.3 is 5.32 Å². The Balaban J connectivity index is 1.42. The summed E-state index contributed by atoms with van der Waals surface area (Å²) in [5, 5.41) is 8.20. The maximum absolute atomic E-state index is 4.48. The number of nitrogens with one attached hydrogen (secondary N) is 1. The van der Waals surface area contributed by atoms with Crippen LogP contribution in [0.2, 0.25) is 0 Å². The minimum atomic E-state index is 0.698. The third-order valence-corrected chi connectivity index (χ3v) is 4.41. The Morgan fingerprint density at radius 3 is 2.45 bits per heavy atom. The van der Waals surface area contributed by atoms with Gasteiger partial charge in [-0.15, -0.1) is 0 Å². The number of hydrogen-bond donors (Lipinski definition) is 1. The van der Waals surface area contributed by atoms with Gasteiger partial charge in [-0.25, -0.2) is 0 Å². The molecule has 2 aliphatic rings. The van der Waals surface area contributed by atoms with Crippen LogP contribution in [0.5, 0.6) is 0 Å². The topological polar surface area (TPSA) is 29.9 Å². The normalized spacial score (nSPS) is 18.4. The number of nitrogens with zero attached hydrogens (tertiary/aromatic N) is 2. The van der Waals surface area contributed by atoms with Gasteiger partial charge in [0.2, 0.25) is 0 Å². The molecule has 4 rings (SSSR count). The molecule has 1 N–H and O–H groups in total. The van der Waals surface area contributed by atoms with Crippen LogP contribution in [0.15, 0.2) is 42.7 Å². The molecule has 2 fully saturated rings. The highest BCUT2D eigenvalue weighted by Gasteiger charge is 2.41. The number of rotatable bonds is 6. The number of hydrogen-bond acceptors (Lipinski definition) is 2. The molecule has 1 aromatic carbocycles. The summed E-state index contributed by atoms with van der Waals surface area (Å²) in [6.45, 7) is 0.847. The Labute approximate surface area is 120 Å². The van der Waals surface area contributed by atoms with Crippen molar-refractivity contribution in [1.29, 1.82) is 0 Å². The van der Waals surface area contributed by atoms with Crippen LogP contribution in [-0.2, 0) is 6.54 Å². The van der Waals surface area contributed by atoms with Crippen LogP contribution in [0, 0.1) is 11.8 Å². The van der Waals surface area contributed by atoms with E-state index in [1.807, 2.05) is 10.9 Å². The molecule has 1 aromatic heterocycles. The summed E-state index contributed by atoms with van der Waals surface area (Å²) in [7, 11) is 0. The highest BCUT2D eigenvalue weighted by molar-refractivity contribution is 5.40.